The molecule has 0 saturated carbocycles. The molecular formula is C9H11BrN2O4S. The van der Waals surface area contributed by atoms with Gasteiger partial charge in [-0.3, -0.25) is 9.52 Å². The Labute approximate surface area is 108 Å². The summed E-state index contributed by atoms with van der Waals surface area (Å²) in [6.07, 6.45) is 1.19. The first-order chi connectivity index (χ1) is 7.93. The SMILES string of the molecule is COC(=O)CCS(=O)(=O)Nc1ccc(Br)nc1. The van der Waals surface area contributed by atoms with Gasteiger partial charge in [-0.1, -0.05) is 0 Å². The van der Waals surface area contributed by atoms with E-state index >= 15 is 0 Å². The van der Waals surface area contributed by atoms with E-state index in [9.17, 15) is 13.2 Å². The number of pyridine rings is 1. The Morgan fingerprint density at radius 2 is 2.24 bits per heavy atom. The van der Waals surface area contributed by atoms with E-state index in [4.69, 9.17) is 0 Å². The fourth-order valence-electron chi connectivity index (χ4n) is 0.987. The van der Waals surface area contributed by atoms with Crippen molar-refractivity contribution in [1.29, 1.82) is 0 Å². The molecule has 0 spiro atoms. The Morgan fingerprint density at radius 3 is 2.76 bits per heavy atom. The highest BCUT2D eigenvalue weighted by atomic mass is 79.9. The maximum atomic E-state index is 11.5. The van der Waals surface area contributed by atoms with Crippen molar-refractivity contribution in [3.8, 4) is 0 Å². The van der Waals surface area contributed by atoms with Crippen LogP contribution >= 0.6 is 15.9 Å². The highest BCUT2D eigenvalue weighted by molar-refractivity contribution is 9.10. The van der Waals surface area contributed by atoms with Crippen LogP contribution in [0.15, 0.2) is 22.9 Å². The predicted octanol–water partition coefficient (Wildman–Crippen LogP) is 1.15. The molecule has 0 aromatic carbocycles. The number of hydrogen-bond acceptors (Lipinski definition) is 5. The molecule has 0 unspecified atom stereocenters. The van der Waals surface area contributed by atoms with Gasteiger partial charge in [-0.15, -0.1) is 0 Å². The molecule has 0 radical (unpaired) electrons. The molecular weight excluding hydrogens is 312 g/mol. The van der Waals surface area contributed by atoms with E-state index < -0.39 is 16.0 Å². The van der Waals surface area contributed by atoms with Gasteiger partial charge in [-0.05, 0) is 28.1 Å². The van der Waals surface area contributed by atoms with E-state index in [0.717, 1.165) is 0 Å². The van der Waals surface area contributed by atoms with Crippen LogP contribution in [-0.4, -0.2) is 32.2 Å². The number of halogens is 1. The minimum absolute atomic E-state index is 0.185. The summed E-state index contributed by atoms with van der Waals surface area (Å²) in [6.45, 7) is 0. The van der Waals surface area contributed by atoms with Gasteiger partial charge in [0.25, 0.3) is 0 Å². The number of nitrogens with one attached hydrogen (secondary N) is 1. The van der Waals surface area contributed by atoms with E-state index in [-0.39, 0.29) is 12.2 Å². The van der Waals surface area contributed by atoms with E-state index in [1.165, 1.54) is 13.3 Å². The van der Waals surface area contributed by atoms with E-state index in [0.29, 0.717) is 10.3 Å². The van der Waals surface area contributed by atoms with Crippen molar-refractivity contribution in [2.24, 2.45) is 0 Å². The van der Waals surface area contributed by atoms with Crippen LogP contribution in [0.5, 0.6) is 0 Å². The second-order valence-corrected chi connectivity index (χ2v) is 5.77. The molecule has 1 aromatic heterocycles. The van der Waals surface area contributed by atoms with Crippen molar-refractivity contribution in [2.75, 3.05) is 17.6 Å². The highest BCUT2D eigenvalue weighted by Gasteiger charge is 2.13. The number of rotatable bonds is 5. The van der Waals surface area contributed by atoms with Crippen LogP contribution < -0.4 is 4.72 Å². The summed E-state index contributed by atoms with van der Waals surface area (Å²) in [5, 5.41) is 0. The molecule has 0 aliphatic heterocycles. The van der Waals surface area contributed by atoms with Gasteiger partial charge in [-0.2, -0.15) is 0 Å². The molecule has 1 aromatic rings. The molecule has 0 aliphatic rings. The van der Waals surface area contributed by atoms with Gasteiger partial charge in [-0.25, -0.2) is 13.4 Å². The molecule has 1 heterocycles. The van der Waals surface area contributed by atoms with Crippen LogP contribution in [0.2, 0.25) is 0 Å². The second-order valence-electron chi connectivity index (χ2n) is 3.12. The van der Waals surface area contributed by atoms with Gasteiger partial charge in [0.15, 0.2) is 0 Å². The zero-order chi connectivity index (χ0) is 12.9. The Morgan fingerprint density at radius 1 is 1.53 bits per heavy atom. The molecule has 1 rings (SSSR count). The number of hydrogen-bond donors (Lipinski definition) is 1. The summed E-state index contributed by atoms with van der Waals surface area (Å²) >= 11 is 3.13. The second kappa shape index (κ2) is 5.97. The van der Waals surface area contributed by atoms with Crippen LogP contribution in [0.4, 0.5) is 5.69 Å². The summed E-state index contributed by atoms with van der Waals surface area (Å²) in [7, 11) is -2.35. The fourth-order valence-corrected chi connectivity index (χ4v) is 2.24. The van der Waals surface area contributed by atoms with Crippen LogP contribution in [0.1, 0.15) is 6.42 Å². The molecule has 0 saturated heterocycles. The first-order valence-electron chi connectivity index (χ1n) is 4.62. The number of carbonyl (C=O) groups is 1. The third kappa shape index (κ3) is 5.14. The standard InChI is InChI=1S/C9H11BrN2O4S/c1-16-9(13)4-5-17(14,15)12-7-2-3-8(10)11-6-7/h2-3,6,12H,4-5H2,1H3. The monoisotopic (exact) mass is 322 g/mol. The summed E-state index contributed by atoms with van der Waals surface area (Å²) in [5.41, 5.74) is 0.345. The topological polar surface area (TPSA) is 85.4 Å². The van der Waals surface area contributed by atoms with Crippen LogP contribution in [0.3, 0.4) is 0 Å². The van der Waals surface area contributed by atoms with Gasteiger partial charge < -0.3 is 4.74 Å². The molecule has 17 heavy (non-hydrogen) atoms. The van der Waals surface area contributed by atoms with Crippen molar-refractivity contribution >= 4 is 37.6 Å². The predicted molar refractivity (Wildman–Crippen MR) is 66.0 cm³/mol. The van der Waals surface area contributed by atoms with Gasteiger partial charge >= 0.3 is 5.97 Å². The third-order valence-corrected chi connectivity index (χ3v) is 3.56. The van der Waals surface area contributed by atoms with Gasteiger partial charge in [0, 0.05) is 0 Å². The van der Waals surface area contributed by atoms with Gasteiger partial charge in [0.05, 0.1) is 31.2 Å². The Kier molecular flexibility index (Phi) is 4.88. The van der Waals surface area contributed by atoms with Crippen LogP contribution in [-0.2, 0) is 19.6 Å². The third-order valence-electron chi connectivity index (χ3n) is 1.80. The number of methoxy groups -OCH3 is 1. The summed E-state index contributed by atoms with van der Waals surface area (Å²) in [4.78, 5) is 14.7. The van der Waals surface area contributed by atoms with Crippen LogP contribution in [0, 0.1) is 0 Å². The van der Waals surface area contributed by atoms with E-state index in [2.05, 4.69) is 30.4 Å². The summed E-state index contributed by atoms with van der Waals surface area (Å²) in [6, 6.07) is 3.17. The maximum Gasteiger partial charge on any atom is 0.306 e. The van der Waals surface area contributed by atoms with Crippen molar-refractivity contribution in [3.63, 3.8) is 0 Å². The molecule has 6 nitrogen and oxygen atoms in total. The first-order valence-corrected chi connectivity index (χ1v) is 7.06. The average molecular weight is 323 g/mol. The smallest absolute Gasteiger partial charge is 0.306 e. The normalized spacial score (nSPS) is 10.9. The van der Waals surface area contributed by atoms with Crippen molar-refractivity contribution in [3.05, 3.63) is 22.9 Å². The largest absolute Gasteiger partial charge is 0.469 e. The highest BCUT2D eigenvalue weighted by Crippen LogP contribution is 2.12. The Hall–Kier alpha value is -1.15. The Bertz CT molecular complexity index is 486. The van der Waals surface area contributed by atoms with Crippen molar-refractivity contribution in [1.82, 2.24) is 4.98 Å². The lowest BCUT2D eigenvalue weighted by Gasteiger charge is -2.06. The first kappa shape index (κ1) is 13.9. The molecule has 94 valence electrons. The number of carbonyl (C=O) groups excluding carboxylic acids is 1. The molecule has 8 heteroatoms. The number of esters is 1. The van der Waals surface area contributed by atoms with Gasteiger partial charge in [0.2, 0.25) is 10.0 Å². The molecule has 0 atom stereocenters. The maximum absolute atomic E-state index is 11.5. The number of sulfonamides is 1. The lowest BCUT2D eigenvalue weighted by atomic mass is 10.4. The quantitative estimate of drug-likeness (QED) is 0.649. The fraction of sp³-hybridized carbons (Fsp3) is 0.333. The summed E-state index contributed by atoms with van der Waals surface area (Å²) < 4.78 is 30.4. The number of nitrogens with zero attached hydrogens (tertiary/aromatic N) is 1. The number of ether oxygens (including phenoxy) is 1. The molecule has 0 amide bonds. The van der Waals surface area contributed by atoms with Crippen molar-refractivity contribution in [2.45, 2.75) is 6.42 Å². The molecule has 0 bridgehead atoms. The van der Waals surface area contributed by atoms with Crippen molar-refractivity contribution < 1.29 is 17.9 Å². The van der Waals surface area contributed by atoms with Gasteiger partial charge in [0.1, 0.15) is 4.60 Å². The lowest BCUT2D eigenvalue weighted by Crippen LogP contribution is -2.19. The molecule has 0 aliphatic carbocycles. The minimum Gasteiger partial charge on any atom is -0.469 e. The number of anilines is 1. The molecule has 1 N–H and O–H groups in total. The molecule has 0 fully saturated rings. The average Bonchev–Trinajstić information content (AvgIpc) is 2.29. The van der Waals surface area contributed by atoms with Crippen LogP contribution in [0.25, 0.3) is 0 Å². The zero-order valence-corrected chi connectivity index (χ0v) is 11.4. The number of aromatic nitrogens is 1. The Balaban J connectivity index is 2.60. The summed E-state index contributed by atoms with van der Waals surface area (Å²) in [5.74, 6) is -0.889. The van der Waals surface area contributed by atoms with E-state index in [1.807, 2.05) is 0 Å². The minimum atomic E-state index is -3.56. The van der Waals surface area contributed by atoms with E-state index in [1.54, 1.807) is 12.1 Å². The lowest BCUT2D eigenvalue weighted by molar-refractivity contribution is -0.140. The zero-order valence-electron chi connectivity index (χ0n) is 9.01.